The third-order valence-electron chi connectivity index (χ3n) is 7.02. The average molecular weight is 547 g/mol. The maximum Gasteiger partial charge on any atom is 0.0886 e. The molecule has 0 N–H and O–H groups in total. The molecule has 8 rings (SSSR count). The highest BCUT2D eigenvalue weighted by molar-refractivity contribution is 6.26. The van der Waals surface area contributed by atoms with Crippen LogP contribution in [0.15, 0.2) is 146 Å². The van der Waals surface area contributed by atoms with Crippen LogP contribution in [0.25, 0.3) is 77.3 Å². The van der Waals surface area contributed by atoms with Gasteiger partial charge in [-0.3, -0.25) is 19.9 Å². The van der Waals surface area contributed by atoms with Crippen molar-refractivity contribution >= 4 is 32.3 Å². The molecule has 4 heterocycles. The molecule has 4 nitrogen and oxygen atoms in total. The van der Waals surface area contributed by atoms with Crippen molar-refractivity contribution in [2.24, 2.45) is 0 Å². The van der Waals surface area contributed by atoms with Gasteiger partial charge in [0.15, 0.2) is 0 Å². The molecule has 196 valence electrons. The summed E-state index contributed by atoms with van der Waals surface area (Å²) in [6.45, 7) is 0. The van der Waals surface area contributed by atoms with Gasteiger partial charge in [-0.15, -0.1) is 0 Å². The van der Waals surface area contributed by atoms with Gasteiger partial charge in [0.2, 0.25) is 0 Å². The summed E-state index contributed by atoms with van der Waals surface area (Å²) in [5.41, 5.74) is 2.96. The van der Waals surface area contributed by atoms with Crippen LogP contribution >= 0.6 is 0 Å². The van der Waals surface area contributed by atoms with E-state index >= 15 is 0 Å². The number of hydrogen-bond donors (Lipinski definition) is 0. The van der Waals surface area contributed by atoms with Gasteiger partial charge in [0.05, 0.1) is 36.5 Å². The van der Waals surface area contributed by atoms with Crippen molar-refractivity contribution < 1.29 is 13.7 Å². The Bertz CT molecular complexity index is 2550. The van der Waals surface area contributed by atoms with E-state index in [9.17, 15) is 5.48 Å². The van der Waals surface area contributed by atoms with E-state index in [1.165, 1.54) is 12.4 Å². The van der Waals surface area contributed by atoms with Crippen LogP contribution in [0.3, 0.4) is 0 Å². The highest BCUT2D eigenvalue weighted by Gasteiger charge is 2.12. The zero-order valence-electron chi connectivity index (χ0n) is 31.9. The van der Waals surface area contributed by atoms with E-state index in [-0.39, 0.29) is 67.6 Å². The fourth-order valence-electron chi connectivity index (χ4n) is 4.95. The second-order valence-corrected chi connectivity index (χ2v) is 9.54. The third kappa shape index (κ3) is 4.18. The molecular weight excluding hydrogens is 512 g/mol. The van der Waals surface area contributed by atoms with Crippen molar-refractivity contribution in [2.45, 2.75) is 0 Å². The quantitative estimate of drug-likeness (QED) is 0.206. The summed E-state index contributed by atoms with van der Waals surface area (Å²) in [4.78, 5) is 17.6. The minimum absolute atomic E-state index is 0.00467. The molecular formula is C38H24N4. The van der Waals surface area contributed by atoms with E-state index in [4.69, 9.17) is 8.22 Å². The maximum absolute atomic E-state index is 9.46. The van der Waals surface area contributed by atoms with Gasteiger partial charge in [-0.05, 0) is 91.9 Å². The van der Waals surface area contributed by atoms with Crippen LogP contribution in [0.4, 0.5) is 0 Å². The molecule has 4 aromatic heterocycles. The molecule has 0 aliphatic carbocycles. The normalized spacial score (nSPS) is 14.7. The summed E-state index contributed by atoms with van der Waals surface area (Å²) in [5, 5.41) is -0.641. The first-order valence-corrected chi connectivity index (χ1v) is 13.2. The van der Waals surface area contributed by atoms with Crippen molar-refractivity contribution in [1.82, 2.24) is 19.9 Å². The fraction of sp³-hybridized carbons (Fsp3) is 0. The summed E-state index contributed by atoms with van der Waals surface area (Å²) >= 11 is 0. The standard InChI is InChI=1S/C38H24N4/c1-2-8-30-29(7-1)33-21-25(27-13-17-37(41-23-27)35-9-3-5-19-39-35)11-15-31(33)32-16-12-26(22-34(30)32)28-14-18-38(42-24-28)36-10-4-6-20-40-36/h1-24H/i1D,2D,7D,8D,11D,12D,15D,16D,21D,22D. The van der Waals surface area contributed by atoms with Gasteiger partial charge in [-0.2, -0.15) is 0 Å². The Morgan fingerprint density at radius 2 is 0.833 bits per heavy atom. The minimum Gasteiger partial charge on any atom is -0.255 e. The van der Waals surface area contributed by atoms with Crippen molar-refractivity contribution in [3.8, 4) is 45.0 Å². The molecule has 0 saturated heterocycles. The van der Waals surface area contributed by atoms with Crippen LogP contribution in [0, 0.1) is 0 Å². The van der Waals surface area contributed by atoms with Gasteiger partial charge in [-0.25, -0.2) is 0 Å². The van der Waals surface area contributed by atoms with E-state index in [1.54, 1.807) is 60.9 Å². The lowest BCUT2D eigenvalue weighted by Gasteiger charge is -2.13. The molecule has 0 aliphatic heterocycles. The van der Waals surface area contributed by atoms with Gasteiger partial charge in [0, 0.05) is 35.9 Å². The topological polar surface area (TPSA) is 51.6 Å². The first-order valence-electron chi connectivity index (χ1n) is 18.2. The Kier molecular flexibility index (Phi) is 3.79. The second-order valence-electron chi connectivity index (χ2n) is 9.54. The van der Waals surface area contributed by atoms with E-state index in [2.05, 4.69) is 19.9 Å². The van der Waals surface area contributed by atoms with Crippen molar-refractivity contribution in [2.75, 3.05) is 0 Å². The Labute approximate surface area is 257 Å². The molecule has 4 aromatic carbocycles. The Balaban J connectivity index is 1.48. The molecule has 0 fully saturated rings. The number of benzene rings is 4. The van der Waals surface area contributed by atoms with Gasteiger partial charge in [0.1, 0.15) is 0 Å². The SMILES string of the molecule is [2H]c1c([2H])c([2H])c2c(c1[2H])c1c([2H])c(-c3ccc(-c4ccccn4)nc3)c([2H])c([2H])c1c1c([2H])c([2H])c(-c3ccc(-c4ccccn4)nc3)c([2H])c21. The molecule has 0 aliphatic rings. The average Bonchev–Trinajstić information content (AvgIpc) is 3.17. The second kappa shape index (κ2) is 10.0. The van der Waals surface area contributed by atoms with E-state index in [0.29, 0.717) is 33.9 Å². The van der Waals surface area contributed by atoms with Crippen molar-refractivity contribution in [1.29, 1.82) is 0 Å². The Morgan fingerprint density at radius 1 is 0.381 bits per heavy atom. The van der Waals surface area contributed by atoms with Gasteiger partial charge in [-0.1, -0.05) is 72.6 Å². The minimum atomic E-state index is -0.578. The van der Waals surface area contributed by atoms with Gasteiger partial charge < -0.3 is 0 Å². The fourth-order valence-corrected chi connectivity index (χ4v) is 4.95. The van der Waals surface area contributed by atoms with Gasteiger partial charge in [0.25, 0.3) is 0 Å². The zero-order valence-corrected chi connectivity index (χ0v) is 21.9. The Morgan fingerprint density at radius 3 is 1.24 bits per heavy atom. The molecule has 8 aromatic rings. The lowest BCUT2D eigenvalue weighted by Crippen LogP contribution is -1.89. The highest BCUT2D eigenvalue weighted by Crippen LogP contribution is 2.39. The number of aromatic nitrogens is 4. The summed E-state index contributed by atoms with van der Waals surface area (Å²) in [6.07, 6.45) is 6.18. The predicted molar refractivity (Wildman–Crippen MR) is 172 cm³/mol. The predicted octanol–water partition coefficient (Wildman–Crippen LogP) is 9.39. The number of pyridine rings is 4. The number of fused-ring (bicyclic) bond motifs is 6. The van der Waals surface area contributed by atoms with E-state index in [1.807, 2.05) is 12.1 Å². The van der Waals surface area contributed by atoms with E-state index in [0.717, 1.165) is 0 Å². The summed E-state index contributed by atoms with van der Waals surface area (Å²) < 4.78 is 90.9. The highest BCUT2D eigenvalue weighted by atomic mass is 14.8. The molecule has 0 amide bonds. The molecule has 0 unspecified atom stereocenters. The summed E-state index contributed by atoms with van der Waals surface area (Å²) in [6, 6.07) is 13.1. The van der Waals surface area contributed by atoms with Crippen LogP contribution in [-0.4, -0.2) is 19.9 Å². The molecule has 0 atom stereocenters. The zero-order chi connectivity index (χ0) is 36.6. The smallest absolute Gasteiger partial charge is 0.0886 e. The molecule has 0 spiro atoms. The number of hydrogen-bond acceptors (Lipinski definition) is 4. The Hall–Kier alpha value is -5.74. The first-order chi connectivity index (χ1) is 25.0. The lowest BCUT2D eigenvalue weighted by molar-refractivity contribution is 1.25. The van der Waals surface area contributed by atoms with Crippen molar-refractivity contribution in [3.05, 3.63) is 146 Å². The van der Waals surface area contributed by atoms with E-state index < -0.39 is 36.3 Å². The van der Waals surface area contributed by atoms with Crippen LogP contribution in [0.2, 0.25) is 0 Å². The molecule has 42 heavy (non-hydrogen) atoms. The van der Waals surface area contributed by atoms with Crippen molar-refractivity contribution in [3.63, 3.8) is 0 Å². The first kappa shape index (κ1) is 15.9. The van der Waals surface area contributed by atoms with Crippen LogP contribution < -0.4 is 0 Å². The largest absolute Gasteiger partial charge is 0.255 e. The van der Waals surface area contributed by atoms with Crippen LogP contribution in [0.5, 0.6) is 0 Å². The number of rotatable bonds is 4. The van der Waals surface area contributed by atoms with Crippen LogP contribution in [0.1, 0.15) is 13.7 Å². The molecule has 0 bridgehead atoms. The molecule has 4 heteroatoms. The molecule has 0 radical (unpaired) electrons. The number of nitrogens with zero attached hydrogens (tertiary/aromatic N) is 4. The summed E-state index contributed by atoms with van der Waals surface area (Å²) in [5.74, 6) is 0. The summed E-state index contributed by atoms with van der Waals surface area (Å²) in [7, 11) is 0. The maximum atomic E-state index is 9.46. The van der Waals surface area contributed by atoms with Crippen LogP contribution in [-0.2, 0) is 0 Å². The monoisotopic (exact) mass is 546 g/mol. The molecule has 0 saturated carbocycles. The van der Waals surface area contributed by atoms with Gasteiger partial charge >= 0.3 is 0 Å². The lowest BCUT2D eigenvalue weighted by atomic mass is 9.90. The third-order valence-corrected chi connectivity index (χ3v) is 7.02.